The van der Waals surface area contributed by atoms with Gasteiger partial charge in [0.05, 0.1) is 84.4 Å². The van der Waals surface area contributed by atoms with E-state index in [-0.39, 0.29) is 24.4 Å². The summed E-state index contributed by atoms with van der Waals surface area (Å²) in [5.41, 5.74) is 4.40. The summed E-state index contributed by atoms with van der Waals surface area (Å²) in [6.45, 7) is 10.8. The molecule has 0 amide bonds. The van der Waals surface area contributed by atoms with Crippen molar-refractivity contribution in [2.45, 2.75) is 52.1 Å². The van der Waals surface area contributed by atoms with Gasteiger partial charge in [-0.25, -0.2) is 9.97 Å². The highest BCUT2D eigenvalue weighted by Crippen LogP contribution is 2.41. The van der Waals surface area contributed by atoms with E-state index in [0.29, 0.717) is 87.2 Å². The summed E-state index contributed by atoms with van der Waals surface area (Å²) in [7, 11) is 0. The molecule has 10 heteroatoms. The minimum absolute atomic E-state index is 0.159. The summed E-state index contributed by atoms with van der Waals surface area (Å²) < 4.78 is 49.9. The zero-order chi connectivity index (χ0) is 34.5. The Morgan fingerprint density at radius 1 is 0.400 bits per heavy atom. The summed E-state index contributed by atoms with van der Waals surface area (Å²) >= 11 is 0. The van der Waals surface area contributed by atoms with Crippen LogP contribution in [0.25, 0.3) is 44.3 Å². The number of nitrogens with zero attached hydrogens (tertiary/aromatic N) is 2. The van der Waals surface area contributed by atoms with E-state index in [0.717, 1.165) is 32.9 Å². The molecule has 0 unspecified atom stereocenters. The summed E-state index contributed by atoms with van der Waals surface area (Å²) in [4.78, 5) is 10.5. The van der Waals surface area contributed by atoms with Crippen molar-refractivity contribution >= 4 is 21.8 Å². The average Bonchev–Trinajstić information content (AvgIpc) is 3.13. The molecule has 0 N–H and O–H groups in total. The largest absolute Gasteiger partial charge is 0.490 e. The standard InChI is InChI=1S/C40H44N2O8/c1-25-26(2)44-18-22-48-34-8-6-10-36-38(34)32-16-14-30-12-11-29-13-15-31(41-39(29)40(30)42-32)37-33(47-21-17-43-25)7-5-9-35(37)49-23-19-45-27(3)28(4)46-20-24-50-36/h5-16,25-28H,17-24H2,1-4H3/t25-,26-,27-,28-/m1/s1. The molecular formula is C40H44N2O8. The molecule has 0 fully saturated rings. The molecule has 2 aliphatic rings. The summed E-state index contributed by atoms with van der Waals surface area (Å²) in [5.74, 6) is 2.57. The summed E-state index contributed by atoms with van der Waals surface area (Å²) in [6.07, 6.45) is -0.637. The van der Waals surface area contributed by atoms with E-state index < -0.39 is 0 Å². The lowest BCUT2D eigenvalue weighted by molar-refractivity contribution is -0.0669. The van der Waals surface area contributed by atoms with Crippen molar-refractivity contribution in [3.05, 3.63) is 72.8 Å². The first-order valence-electron chi connectivity index (χ1n) is 17.4. The second-order valence-corrected chi connectivity index (χ2v) is 12.6. The van der Waals surface area contributed by atoms with E-state index in [9.17, 15) is 0 Å². The average molecular weight is 681 g/mol. The Kier molecular flexibility index (Phi) is 10.6. The van der Waals surface area contributed by atoms with Gasteiger partial charge in [0.25, 0.3) is 0 Å². The first kappa shape index (κ1) is 34.0. The first-order chi connectivity index (χ1) is 24.5. The van der Waals surface area contributed by atoms with Gasteiger partial charge in [-0.2, -0.15) is 0 Å². The van der Waals surface area contributed by atoms with Crippen LogP contribution in [-0.2, 0) is 18.9 Å². The van der Waals surface area contributed by atoms with E-state index in [1.54, 1.807) is 0 Å². The Labute approximate surface area is 292 Å². The van der Waals surface area contributed by atoms with Crippen LogP contribution in [0.2, 0.25) is 0 Å². The van der Waals surface area contributed by atoms with Gasteiger partial charge < -0.3 is 37.9 Å². The lowest BCUT2D eigenvalue weighted by Crippen LogP contribution is -2.29. The molecule has 0 saturated heterocycles. The van der Waals surface area contributed by atoms with Crippen LogP contribution in [0.3, 0.4) is 0 Å². The molecule has 10 nitrogen and oxygen atoms in total. The van der Waals surface area contributed by atoms with Crippen molar-refractivity contribution in [3.63, 3.8) is 0 Å². The van der Waals surface area contributed by atoms with Crippen molar-refractivity contribution in [1.29, 1.82) is 0 Å². The fraction of sp³-hybridized carbons (Fsp3) is 0.400. The Morgan fingerprint density at radius 3 is 1.02 bits per heavy atom. The normalized spacial score (nSPS) is 22.5. The number of rotatable bonds is 0. The third kappa shape index (κ3) is 7.49. The number of hydrogen-bond donors (Lipinski definition) is 0. The maximum absolute atomic E-state index is 6.37. The van der Waals surface area contributed by atoms with Crippen LogP contribution in [0.15, 0.2) is 72.8 Å². The predicted molar refractivity (Wildman–Crippen MR) is 192 cm³/mol. The highest BCUT2D eigenvalue weighted by molar-refractivity contribution is 6.04. The highest BCUT2D eigenvalue weighted by Gasteiger charge is 2.21. The zero-order valence-electron chi connectivity index (χ0n) is 29.1. The second-order valence-electron chi connectivity index (χ2n) is 12.6. The molecule has 0 radical (unpaired) electrons. The van der Waals surface area contributed by atoms with Crippen LogP contribution in [0.4, 0.5) is 0 Å². The van der Waals surface area contributed by atoms with Gasteiger partial charge in [-0.1, -0.05) is 36.4 Å². The van der Waals surface area contributed by atoms with E-state index in [2.05, 4.69) is 24.3 Å². The van der Waals surface area contributed by atoms with Gasteiger partial charge >= 0.3 is 0 Å². The molecule has 50 heavy (non-hydrogen) atoms. The van der Waals surface area contributed by atoms with Crippen LogP contribution < -0.4 is 18.9 Å². The monoisotopic (exact) mass is 680 g/mol. The fourth-order valence-electron chi connectivity index (χ4n) is 6.14. The molecule has 0 aliphatic carbocycles. The van der Waals surface area contributed by atoms with Gasteiger partial charge in [0.2, 0.25) is 0 Å². The molecule has 5 aromatic rings. The Bertz CT molecular complexity index is 1730. The maximum Gasteiger partial charge on any atom is 0.132 e. The van der Waals surface area contributed by atoms with Crippen LogP contribution >= 0.6 is 0 Å². The molecule has 0 saturated carbocycles. The molecule has 4 heterocycles. The van der Waals surface area contributed by atoms with Gasteiger partial charge in [-0.3, -0.25) is 0 Å². The zero-order valence-corrected chi connectivity index (χ0v) is 29.1. The number of aromatic nitrogens is 2. The van der Waals surface area contributed by atoms with E-state index in [4.69, 9.17) is 47.9 Å². The number of ether oxygens (including phenoxy) is 8. The number of hydrogen-bond acceptors (Lipinski definition) is 10. The second kappa shape index (κ2) is 15.6. The minimum Gasteiger partial charge on any atom is -0.490 e. The van der Waals surface area contributed by atoms with Gasteiger partial charge in [0, 0.05) is 10.8 Å². The van der Waals surface area contributed by atoms with Crippen molar-refractivity contribution in [1.82, 2.24) is 9.97 Å². The Morgan fingerprint density at radius 2 is 0.700 bits per heavy atom. The Hall–Kier alpha value is -4.48. The van der Waals surface area contributed by atoms with Gasteiger partial charge in [-0.15, -0.1) is 0 Å². The molecular weight excluding hydrogens is 636 g/mol. The molecule has 262 valence electrons. The van der Waals surface area contributed by atoms with E-state index >= 15 is 0 Å². The third-order valence-electron chi connectivity index (χ3n) is 9.22. The lowest BCUT2D eigenvalue weighted by atomic mass is 10.0. The van der Waals surface area contributed by atoms with Gasteiger partial charge in [0.15, 0.2) is 0 Å². The van der Waals surface area contributed by atoms with Gasteiger partial charge in [-0.05, 0) is 64.1 Å². The number of benzene rings is 3. The van der Waals surface area contributed by atoms with Crippen LogP contribution in [0.5, 0.6) is 23.0 Å². The first-order valence-corrected chi connectivity index (χ1v) is 17.4. The lowest BCUT2D eigenvalue weighted by Gasteiger charge is -2.23. The fourth-order valence-corrected chi connectivity index (χ4v) is 6.14. The topological polar surface area (TPSA) is 99.6 Å². The van der Waals surface area contributed by atoms with Gasteiger partial charge in [0.1, 0.15) is 49.4 Å². The van der Waals surface area contributed by atoms with Crippen molar-refractivity contribution in [2.75, 3.05) is 52.9 Å². The summed E-state index contributed by atoms with van der Waals surface area (Å²) in [6, 6.07) is 23.8. The molecule has 4 atom stereocenters. The van der Waals surface area contributed by atoms with Crippen molar-refractivity contribution in [3.8, 4) is 45.5 Å². The van der Waals surface area contributed by atoms with Crippen molar-refractivity contribution < 1.29 is 37.9 Å². The molecule has 0 spiro atoms. The molecule has 3 aromatic carbocycles. The Balaban J connectivity index is 1.42. The quantitative estimate of drug-likeness (QED) is 0.155. The van der Waals surface area contributed by atoms with Crippen molar-refractivity contribution in [2.24, 2.45) is 0 Å². The number of pyridine rings is 2. The minimum atomic E-state index is -0.159. The molecule has 2 aliphatic heterocycles. The summed E-state index contributed by atoms with van der Waals surface area (Å²) in [5, 5.41) is 1.92. The van der Waals surface area contributed by atoms with E-state index in [1.807, 2.05) is 76.2 Å². The van der Waals surface area contributed by atoms with Crippen LogP contribution in [0, 0.1) is 0 Å². The maximum atomic E-state index is 6.37. The van der Waals surface area contributed by atoms with Crippen LogP contribution in [0.1, 0.15) is 27.7 Å². The smallest absolute Gasteiger partial charge is 0.132 e. The SMILES string of the molecule is C[C@H]1OCCOc2cccc3c2-c2ccc4ccc5ccc(nc5c4n2)-c2c(cccc2OCCO[C@H](C)[C@@H](C)OCCO3)OCCO[C@@H]1C. The highest BCUT2D eigenvalue weighted by atomic mass is 16.6. The van der Waals surface area contributed by atoms with E-state index in [1.165, 1.54) is 0 Å². The van der Waals surface area contributed by atoms with Crippen LogP contribution in [-0.4, -0.2) is 87.2 Å². The molecule has 2 aromatic heterocycles. The molecule has 7 rings (SSSR count). The predicted octanol–water partition coefficient (Wildman–Crippen LogP) is 7.28. The third-order valence-corrected chi connectivity index (χ3v) is 9.22. The molecule has 6 bridgehead atoms.